The second-order valence-corrected chi connectivity index (χ2v) is 7.80. The van der Waals surface area contributed by atoms with Gasteiger partial charge in [0.1, 0.15) is 5.57 Å². The van der Waals surface area contributed by atoms with Gasteiger partial charge < -0.3 is 4.57 Å². The van der Waals surface area contributed by atoms with Crippen molar-refractivity contribution in [2.75, 3.05) is 4.90 Å². The Balaban J connectivity index is 1.78. The molecule has 0 saturated carbocycles. The van der Waals surface area contributed by atoms with Gasteiger partial charge >= 0.3 is 0 Å². The zero-order chi connectivity index (χ0) is 21.4. The third-order valence-electron chi connectivity index (χ3n) is 4.88. The summed E-state index contributed by atoms with van der Waals surface area (Å²) in [6.45, 7) is 4.06. The fraction of sp³-hybridized carbons (Fsp3) is 0.0870. The molecule has 7 heteroatoms. The van der Waals surface area contributed by atoms with Gasteiger partial charge in [-0.2, -0.15) is 0 Å². The summed E-state index contributed by atoms with van der Waals surface area (Å²) in [6, 6.07) is 16.7. The largest absolute Gasteiger partial charge is 0.317 e. The van der Waals surface area contributed by atoms with E-state index in [4.69, 9.17) is 23.8 Å². The molecule has 1 saturated heterocycles. The number of para-hydroxylation sites is 1. The van der Waals surface area contributed by atoms with E-state index in [2.05, 4.69) is 11.4 Å². The predicted octanol–water partition coefficient (Wildman–Crippen LogP) is 4.58. The van der Waals surface area contributed by atoms with Gasteiger partial charge in [-0.1, -0.05) is 41.4 Å². The Bertz CT molecular complexity index is 1230. The van der Waals surface area contributed by atoms with E-state index < -0.39 is 11.8 Å². The van der Waals surface area contributed by atoms with Crippen molar-refractivity contribution in [3.63, 3.8) is 0 Å². The molecule has 2 amide bonds. The molecular weight excluding hydrogens is 418 g/mol. The van der Waals surface area contributed by atoms with Crippen molar-refractivity contribution in [1.29, 1.82) is 0 Å². The molecule has 30 heavy (non-hydrogen) atoms. The van der Waals surface area contributed by atoms with Crippen molar-refractivity contribution in [1.82, 2.24) is 9.88 Å². The van der Waals surface area contributed by atoms with Gasteiger partial charge in [0, 0.05) is 17.6 Å². The minimum atomic E-state index is -0.540. The van der Waals surface area contributed by atoms with E-state index in [1.807, 2.05) is 48.9 Å². The molecule has 0 atom stereocenters. The van der Waals surface area contributed by atoms with E-state index in [-0.39, 0.29) is 10.7 Å². The van der Waals surface area contributed by atoms with Crippen molar-refractivity contribution in [3.8, 4) is 5.69 Å². The van der Waals surface area contributed by atoms with Crippen LogP contribution in [-0.4, -0.2) is 21.5 Å². The number of hydrogen-bond acceptors (Lipinski definition) is 3. The van der Waals surface area contributed by atoms with Crippen LogP contribution in [0.25, 0.3) is 11.8 Å². The van der Waals surface area contributed by atoms with Gasteiger partial charge in [-0.15, -0.1) is 0 Å². The number of aryl methyl sites for hydroxylation is 2. The maximum Gasteiger partial charge on any atom is 0.270 e. The minimum absolute atomic E-state index is 0.0000108. The molecule has 1 aliphatic rings. The standard InChI is InChI=1S/C23H18ClN3O2S/c1-14-9-10-19(15(2)12-14)26-11-5-6-16(26)13-17-21(28)25-23(30)27(22(17)29)20-8-4-3-7-18(20)24/h3-13H,1-2H3,(H,25,28,30)/b17-13+. The Kier molecular flexibility index (Phi) is 5.28. The Morgan fingerprint density at radius 1 is 1.00 bits per heavy atom. The zero-order valence-corrected chi connectivity index (χ0v) is 17.9. The summed E-state index contributed by atoms with van der Waals surface area (Å²) in [5.74, 6) is -1.06. The molecule has 150 valence electrons. The smallest absolute Gasteiger partial charge is 0.270 e. The fourth-order valence-electron chi connectivity index (χ4n) is 3.46. The molecule has 0 radical (unpaired) electrons. The minimum Gasteiger partial charge on any atom is -0.317 e. The molecular formula is C23H18ClN3O2S. The number of thiocarbonyl (C=S) groups is 1. The van der Waals surface area contributed by atoms with Crippen LogP contribution in [0.5, 0.6) is 0 Å². The number of hydrogen-bond donors (Lipinski definition) is 1. The van der Waals surface area contributed by atoms with Crippen molar-refractivity contribution >= 4 is 52.5 Å². The topological polar surface area (TPSA) is 54.3 Å². The molecule has 1 N–H and O–H groups in total. The van der Waals surface area contributed by atoms with E-state index in [1.54, 1.807) is 30.3 Å². The van der Waals surface area contributed by atoms with Crippen molar-refractivity contribution in [2.24, 2.45) is 0 Å². The lowest BCUT2D eigenvalue weighted by molar-refractivity contribution is -0.122. The third kappa shape index (κ3) is 3.56. The van der Waals surface area contributed by atoms with Crippen LogP contribution >= 0.6 is 23.8 Å². The number of aromatic nitrogens is 1. The molecule has 2 aromatic carbocycles. The highest BCUT2D eigenvalue weighted by Gasteiger charge is 2.35. The molecule has 4 rings (SSSR count). The molecule has 1 aliphatic heterocycles. The highest BCUT2D eigenvalue weighted by atomic mass is 35.5. The third-order valence-corrected chi connectivity index (χ3v) is 5.48. The first-order valence-corrected chi connectivity index (χ1v) is 10.1. The number of rotatable bonds is 3. The number of carbonyl (C=O) groups excluding carboxylic acids is 2. The summed E-state index contributed by atoms with van der Waals surface area (Å²) in [6.07, 6.45) is 3.47. The van der Waals surface area contributed by atoms with Crippen LogP contribution in [-0.2, 0) is 9.59 Å². The van der Waals surface area contributed by atoms with Gasteiger partial charge in [-0.05, 0) is 68.0 Å². The van der Waals surface area contributed by atoms with Gasteiger partial charge in [-0.3, -0.25) is 19.8 Å². The van der Waals surface area contributed by atoms with Gasteiger partial charge in [-0.25, -0.2) is 0 Å². The lowest BCUT2D eigenvalue weighted by atomic mass is 10.1. The lowest BCUT2D eigenvalue weighted by Gasteiger charge is -2.29. The van der Waals surface area contributed by atoms with Crippen LogP contribution in [0.15, 0.2) is 66.4 Å². The monoisotopic (exact) mass is 435 g/mol. The summed E-state index contributed by atoms with van der Waals surface area (Å²) in [4.78, 5) is 27.1. The van der Waals surface area contributed by atoms with Gasteiger partial charge in [0.05, 0.1) is 10.7 Å². The normalized spacial score (nSPS) is 15.6. The van der Waals surface area contributed by atoms with Crippen LogP contribution in [0.3, 0.4) is 0 Å². The Morgan fingerprint density at radius 2 is 1.77 bits per heavy atom. The molecule has 1 aromatic heterocycles. The van der Waals surface area contributed by atoms with E-state index in [0.29, 0.717) is 16.4 Å². The molecule has 0 aliphatic carbocycles. The highest BCUT2D eigenvalue weighted by Crippen LogP contribution is 2.29. The van der Waals surface area contributed by atoms with Crippen LogP contribution in [0.4, 0.5) is 5.69 Å². The second kappa shape index (κ2) is 7.89. The zero-order valence-electron chi connectivity index (χ0n) is 16.3. The molecule has 3 aromatic rings. The quantitative estimate of drug-likeness (QED) is 0.372. The predicted molar refractivity (Wildman–Crippen MR) is 123 cm³/mol. The van der Waals surface area contributed by atoms with Crippen LogP contribution in [0.1, 0.15) is 16.8 Å². The number of nitrogens with zero attached hydrogens (tertiary/aromatic N) is 2. The Labute approximate surface area is 184 Å². The molecule has 2 heterocycles. The number of benzene rings is 2. The number of anilines is 1. The van der Waals surface area contributed by atoms with E-state index in [9.17, 15) is 9.59 Å². The van der Waals surface area contributed by atoms with Gasteiger partial charge in [0.2, 0.25) is 0 Å². The van der Waals surface area contributed by atoms with Crippen molar-refractivity contribution < 1.29 is 9.59 Å². The molecule has 0 unspecified atom stereocenters. The first-order chi connectivity index (χ1) is 14.4. The maximum absolute atomic E-state index is 13.2. The summed E-state index contributed by atoms with van der Waals surface area (Å²) in [7, 11) is 0. The second-order valence-electron chi connectivity index (χ2n) is 7.00. The van der Waals surface area contributed by atoms with Crippen molar-refractivity contribution in [3.05, 3.63) is 88.2 Å². The molecule has 0 spiro atoms. The maximum atomic E-state index is 13.2. The SMILES string of the molecule is Cc1ccc(-n2cccc2/C=C2\C(=O)NC(=S)N(c3ccccc3Cl)C2=O)c(C)c1. The van der Waals surface area contributed by atoms with E-state index >= 15 is 0 Å². The van der Waals surface area contributed by atoms with E-state index in [1.165, 1.54) is 4.90 Å². The first-order valence-electron chi connectivity index (χ1n) is 9.28. The van der Waals surface area contributed by atoms with E-state index in [0.717, 1.165) is 16.8 Å². The van der Waals surface area contributed by atoms with Crippen LogP contribution in [0.2, 0.25) is 5.02 Å². The number of amides is 2. The summed E-state index contributed by atoms with van der Waals surface area (Å²) in [5.41, 5.74) is 4.32. The van der Waals surface area contributed by atoms with Gasteiger partial charge in [0.15, 0.2) is 5.11 Å². The van der Waals surface area contributed by atoms with Gasteiger partial charge in [0.25, 0.3) is 11.8 Å². The average molecular weight is 436 g/mol. The van der Waals surface area contributed by atoms with Crippen LogP contribution < -0.4 is 10.2 Å². The first kappa shape index (κ1) is 20.1. The number of halogens is 1. The summed E-state index contributed by atoms with van der Waals surface area (Å²) >= 11 is 11.5. The Hall–Kier alpha value is -3.22. The van der Waals surface area contributed by atoms with Crippen molar-refractivity contribution in [2.45, 2.75) is 13.8 Å². The average Bonchev–Trinajstić information content (AvgIpc) is 3.14. The molecule has 5 nitrogen and oxygen atoms in total. The molecule has 0 bridgehead atoms. The summed E-state index contributed by atoms with van der Waals surface area (Å²) < 4.78 is 1.94. The summed E-state index contributed by atoms with van der Waals surface area (Å²) in [5, 5.41) is 2.95. The molecule has 1 fully saturated rings. The lowest BCUT2D eigenvalue weighted by Crippen LogP contribution is -2.54. The fourth-order valence-corrected chi connectivity index (χ4v) is 3.96. The highest BCUT2D eigenvalue weighted by molar-refractivity contribution is 7.80. The van der Waals surface area contributed by atoms with Crippen LogP contribution in [0, 0.1) is 13.8 Å². The number of nitrogens with one attached hydrogen (secondary N) is 1. The number of carbonyl (C=O) groups is 2. The Morgan fingerprint density at radius 3 is 2.50 bits per heavy atom.